The first-order valence-corrected chi connectivity index (χ1v) is 12.2. The van der Waals surface area contributed by atoms with Gasteiger partial charge < -0.3 is 15.6 Å². The van der Waals surface area contributed by atoms with Gasteiger partial charge in [0.15, 0.2) is 0 Å². The summed E-state index contributed by atoms with van der Waals surface area (Å²) in [6.07, 6.45) is 6.25. The number of aryl methyl sites for hydroxylation is 1. The molecule has 0 saturated carbocycles. The van der Waals surface area contributed by atoms with Crippen LogP contribution >= 0.6 is 0 Å². The molecule has 0 amide bonds. The topological polar surface area (TPSA) is 68.8 Å². The van der Waals surface area contributed by atoms with E-state index in [-0.39, 0.29) is 6.04 Å². The van der Waals surface area contributed by atoms with Crippen LogP contribution in [0, 0.1) is 5.92 Å². The van der Waals surface area contributed by atoms with E-state index in [4.69, 9.17) is 10.7 Å². The second-order valence-corrected chi connectivity index (χ2v) is 9.33. The quantitative estimate of drug-likeness (QED) is 0.380. The minimum Gasteiger partial charge on any atom is -0.364 e. The Labute approximate surface area is 210 Å². The summed E-state index contributed by atoms with van der Waals surface area (Å²) in [6.45, 7) is 4.78. The predicted octanol–water partition coefficient (Wildman–Crippen LogP) is 6.38. The third kappa shape index (κ3) is 5.70. The summed E-state index contributed by atoms with van der Waals surface area (Å²) < 4.78 is 42.3. The molecule has 2 aromatic heterocycles. The van der Waals surface area contributed by atoms with E-state index in [0.29, 0.717) is 36.0 Å². The Balaban J connectivity index is 1.74. The number of hydrogen-bond donors (Lipinski definition) is 2. The molecule has 1 unspecified atom stereocenters. The maximum atomic E-state index is 13.4. The first kappa shape index (κ1) is 25.7. The van der Waals surface area contributed by atoms with Gasteiger partial charge in [-0.25, -0.2) is 9.97 Å². The van der Waals surface area contributed by atoms with Crippen LogP contribution in [0.25, 0.3) is 22.5 Å². The predicted molar refractivity (Wildman–Crippen MR) is 138 cm³/mol. The molecule has 3 N–H and O–H groups in total. The van der Waals surface area contributed by atoms with Crippen LogP contribution in [-0.4, -0.2) is 27.1 Å². The van der Waals surface area contributed by atoms with Crippen molar-refractivity contribution in [3.63, 3.8) is 0 Å². The number of nitrogens with one attached hydrogen (secondary N) is 1. The summed E-state index contributed by atoms with van der Waals surface area (Å²) in [5, 5.41) is 3.47. The van der Waals surface area contributed by atoms with Crippen LogP contribution in [0.2, 0.25) is 0 Å². The maximum Gasteiger partial charge on any atom is 0.416 e. The van der Waals surface area contributed by atoms with E-state index in [2.05, 4.69) is 42.4 Å². The van der Waals surface area contributed by atoms with Gasteiger partial charge in [0.2, 0.25) is 0 Å². The first-order valence-electron chi connectivity index (χ1n) is 12.2. The standard InChI is InChI=1S/C28H32F3N5/c1-18-7-4-8-20(15-18)19(2)34-24-17-22(12-14-33-24)27-26(35-25(36(27)3)11-6-13-32)21-9-5-10-23(16-21)28(29,30)31/h4-5,8-10,12,14-19H,6-7,11,13,32H2,1-3H3,(H,33,34)/t18?,19-/m0/s1. The maximum absolute atomic E-state index is 13.4. The molecule has 1 aliphatic carbocycles. The zero-order valence-electron chi connectivity index (χ0n) is 20.8. The van der Waals surface area contributed by atoms with Crippen LogP contribution in [0.4, 0.5) is 19.0 Å². The molecule has 3 aromatic rings. The lowest BCUT2D eigenvalue weighted by atomic mass is 9.94. The highest BCUT2D eigenvalue weighted by Crippen LogP contribution is 2.37. The number of aromatic nitrogens is 3. The number of pyridine rings is 1. The molecule has 0 saturated heterocycles. The van der Waals surface area contributed by atoms with Crippen LogP contribution in [-0.2, 0) is 19.6 Å². The Morgan fingerprint density at radius 1 is 1.19 bits per heavy atom. The second kappa shape index (κ2) is 10.7. The lowest BCUT2D eigenvalue weighted by Crippen LogP contribution is -2.19. The fourth-order valence-corrected chi connectivity index (χ4v) is 4.52. The van der Waals surface area contributed by atoms with Gasteiger partial charge >= 0.3 is 6.18 Å². The van der Waals surface area contributed by atoms with Gasteiger partial charge in [-0.3, -0.25) is 0 Å². The summed E-state index contributed by atoms with van der Waals surface area (Å²) in [4.78, 5) is 9.27. The largest absolute Gasteiger partial charge is 0.416 e. The molecule has 0 bridgehead atoms. The van der Waals surface area contributed by atoms with Gasteiger partial charge in [-0.2, -0.15) is 13.2 Å². The molecular formula is C28H32F3N5. The van der Waals surface area contributed by atoms with Gasteiger partial charge in [0.1, 0.15) is 11.6 Å². The van der Waals surface area contributed by atoms with Gasteiger partial charge in [0.05, 0.1) is 17.0 Å². The molecule has 8 heteroatoms. The van der Waals surface area contributed by atoms with Crippen molar-refractivity contribution < 1.29 is 13.2 Å². The number of allylic oxidation sites excluding steroid dienone is 2. The first-order chi connectivity index (χ1) is 17.2. The molecule has 2 heterocycles. The smallest absolute Gasteiger partial charge is 0.364 e. The van der Waals surface area contributed by atoms with E-state index < -0.39 is 11.7 Å². The minimum absolute atomic E-state index is 0.0568. The van der Waals surface area contributed by atoms with E-state index in [0.717, 1.165) is 42.1 Å². The van der Waals surface area contributed by atoms with Crippen LogP contribution in [0.1, 0.15) is 38.1 Å². The van der Waals surface area contributed by atoms with Gasteiger partial charge in [-0.15, -0.1) is 0 Å². The van der Waals surface area contributed by atoms with Gasteiger partial charge in [0, 0.05) is 36.8 Å². The molecule has 2 atom stereocenters. The van der Waals surface area contributed by atoms with Crippen LogP contribution in [0.3, 0.4) is 0 Å². The number of alkyl halides is 3. The van der Waals surface area contributed by atoms with E-state index in [1.165, 1.54) is 11.6 Å². The molecule has 190 valence electrons. The number of nitrogens with two attached hydrogens (primary N) is 1. The highest BCUT2D eigenvalue weighted by atomic mass is 19.4. The fraction of sp³-hybridized carbons (Fsp3) is 0.357. The van der Waals surface area contributed by atoms with E-state index in [1.54, 1.807) is 12.3 Å². The molecule has 1 aliphatic rings. The monoisotopic (exact) mass is 495 g/mol. The Kier molecular flexibility index (Phi) is 7.64. The zero-order valence-corrected chi connectivity index (χ0v) is 20.8. The summed E-state index contributed by atoms with van der Waals surface area (Å²) in [7, 11) is 1.89. The third-order valence-electron chi connectivity index (χ3n) is 6.45. The van der Waals surface area contributed by atoms with E-state index in [9.17, 15) is 13.2 Å². The summed E-state index contributed by atoms with van der Waals surface area (Å²) in [6, 6.07) is 9.16. The van der Waals surface area contributed by atoms with E-state index >= 15 is 0 Å². The number of rotatable bonds is 8. The molecule has 0 fully saturated rings. The van der Waals surface area contributed by atoms with Crippen molar-refractivity contribution in [1.29, 1.82) is 0 Å². The molecule has 1 aromatic carbocycles. The lowest BCUT2D eigenvalue weighted by molar-refractivity contribution is -0.137. The SMILES string of the molecule is CC1C=C([C@H](C)Nc2cc(-c3c(-c4cccc(C(F)(F)F)c4)nc(CCCN)n3C)ccn2)C=CC1. The van der Waals surface area contributed by atoms with Crippen molar-refractivity contribution >= 4 is 5.82 Å². The van der Waals surface area contributed by atoms with Crippen LogP contribution in [0.5, 0.6) is 0 Å². The Morgan fingerprint density at radius 2 is 2.00 bits per heavy atom. The van der Waals surface area contributed by atoms with Gasteiger partial charge in [-0.05, 0) is 62.1 Å². The average Bonchev–Trinajstić information content (AvgIpc) is 3.18. The Bertz CT molecular complexity index is 1270. The number of anilines is 1. The second-order valence-electron chi connectivity index (χ2n) is 9.33. The molecule has 0 aliphatic heterocycles. The Morgan fingerprint density at radius 3 is 2.72 bits per heavy atom. The fourth-order valence-electron chi connectivity index (χ4n) is 4.52. The summed E-state index contributed by atoms with van der Waals surface area (Å²) >= 11 is 0. The number of imidazole rings is 1. The molecule has 0 spiro atoms. The Hall–Kier alpha value is -3.39. The van der Waals surface area contributed by atoms with Crippen molar-refractivity contribution in [2.24, 2.45) is 18.7 Å². The highest BCUT2D eigenvalue weighted by Gasteiger charge is 2.31. The van der Waals surface area contributed by atoms with Crippen molar-refractivity contribution in [3.8, 4) is 22.5 Å². The molecule has 4 rings (SSSR count). The number of halogens is 3. The van der Waals surface area contributed by atoms with E-state index in [1.807, 2.05) is 23.7 Å². The molecule has 0 radical (unpaired) electrons. The lowest BCUT2D eigenvalue weighted by Gasteiger charge is -2.20. The van der Waals surface area contributed by atoms with Crippen molar-refractivity contribution in [1.82, 2.24) is 14.5 Å². The number of nitrogens with zero attached hydrogens (tertiary/aromatic N) is 3. The summed E-state index contributed by atoms with van der Waals surface area (Å²) in [5.74, 6) is 1.95. The van der Waals surface area contributed by atoms with Crippen LogP contribution in [0.15, 0.2) is 66.4 Å². The zero-order chi connectivity index (χ0) is 25.9. The van der Waals surface area contributed by atoms with Crippen molar-refractivity contribution in [3.05, 3.63) is 77.8 Å². The minimum atomic E-state index is -4.43. The van der Waals surface area contributed by atoms with Gasteiger partial charge in [-0.1, -0.05) is 37.3 Å². The number of hydrogen-bond acceptors (Lipinski definition) is 4. The third-order valence-corrected chi connectivity index (χ3v) is 6.45. The summed E-state index contributed by atoms with van der Waals surface area (Å²) in [5.41, 5.74) is 8.70. The molecule has 36 heavy (non-hydrogen) atoms. The number of benzene rings is 1. The van der Waals surface area contributed by atoms with Gasteiger partial charge in [0.25, 0.3) is 0 Å². The van der Waals surface area contributed by atoms with Crippen molar-refractivity contribution in [2.45, 2.75) is 45.3 Å². The van der Waals surface area contributed by atoms with Crippen LogP contribution < -0.4 is 11.1 Å². The average molecular weight is 496 g/mol. The van der Waals surface area contributed by atoms with Crippen molar-refractivity contribution in [2.75, 3.05) is 11.9 Å². The normalized spacial score (nSPS) is 16.6. The highest BCUT2D eigenvalue weighted by molar-refractivity contribution is 5.80. The molecular weight excluding hydrogens is 463 g/mol. The molecule has 5 nitrogen and oxygen atoms in total.